The van der Waals surface area contributed by atoms with Crippen molar-refractivity contribution in [1.82, 2.24) is 4.98 Å². The quantitative estimate of drug-likeness (QED) is 0.886. The minimum atomic E-state index is 0.116. The smallest absolute Gasteiger partial charge is 0.185 e. The first-order valence-electron chi connectivity index (χ1n) is 7.91. The number of rotatable bonds is 5. The first-order valence-corrected chi connectivity index (χ1v) is 8.73. The van der Waals surface area contributed by atoms with Gasteiger partial charge in [0, 0.05) is 13.1 Å². The highest BCUT2D eigenvalue weighted by Gasteiger charge is 2.27. The number of aliphatic hydroxyl groups excluding tert-OH is 1. The molecular weight excluding hydrogens is 268 g/mol. The highest BCUT2D eigenvalue weighted by atomic mass is 32.1. The van der Waals surface area contributed by atoms with Crippen molar-refractivity contribution in [2.45, 2.75) is 71.4 Å². The van der Waals surface area contributed by atoms with Gasteiger partial charge in [-0.2, -0.15) is 0 Å². The molecule has 0 amide bonds. The van der Waals surface area contributed by atoms with E-state index >= 15 is 0 Å². The van der Waals surface area contributed by atoms with E-state index in [0.717, 1.165) is 28.0 Å². The second kappa shape index (κ2) is 6.90. The van der Waals surface area contributed by atoms with Gasteiger partial charge in [-0.3, -0.25) is 0 Å². The van der Waals surface area contributed by atoms with Crippen molar-refractivity contribution in [1.29, 1.82) is 0 Å². The Morgan fingerprint density at radius 1 is 1.40 bits per heavy atom. The molecule has 0 aliphatic heterocycles. The van der Waals surface area contributed by atoms with Crippen molar-refractivity contribution in [2.75, 3.05) is 11.9 Å². The van der Waals surface area contributed by atoms with Gasteiger partial charge in [-0.25, -0.2) is 4.98 Å². The van der Waals surface area contributed by atoms with Crippen LogP contribution in [0.25, 0.3) is 0 Å². The van der Waals surface area contributed by atoms with Crippen LogP contribution in [0.4, 0.5) is 5.13 Å². The molecule has 0 aromatic carbocycles. The molecule has 1 aromatic heterocycles. The minimum Gasteiger partial charge on any atom is -0.391 e. The van der Waals surface area contributed by atoms with Crippen molar-refractivity contribution in [3.8, 4) is 0 Å². The average molecular weight is 296 g/mol. The number of nitrogens with zero attached hydrogens (tertiary/aromatic N) is 2. The molecule has 1 aliphatic carbocycles. The Bertz CT molecular complexity index is 432. The zero-order valence-electron chi connectivity index (χ0n) is 13.2. The first kappa shape index (κ1) is 15.8. The molecular formula is C16H28N2OS. The van der Waals surface area contributed by atoms with Crippen molar-refractivity contribution in [2.24, 2.45) is 5.92 Å². The van der Waals surface area contributed by atoms with Crippen LogP contribution >= 0.6 is 11.3 Å². The van der Waals surface area contributed by atoms with Crippen LogP contribution in [0.2, 0.25) is 0 Å². The summed E-state index contributed by atoms with van der Waals surface area (Å²) in [5.74, 6) is 1.17. The molecule has 1 N–H and O–H groups in total. The molecule has 3 unspecified atom stereocenters. The number of hydrogen-bond donors (Lipinski definition) is 1. The SMILES string of the molecule is CCC(C)c1nc(N(C)C2CCCCC2C)sc1CO. The summed E-state index contributed by atoms with van der Waals surface area (Å²) < 4.78 is 0. The second-order valence-electron chi connectivity index (χ2n) is 6.21. The molecule has 4 heteroatoms. The fourth-order valence-corrected chi connectivity index (χ4v) is 4.27. The Kier molecular flexibility index (Phi) is 5.44. The zero-order chi connectivity index (χ0) is 14.7. The minimum absolute atomic E-state index is 0.116. The maximum absolute atomic E-state index is 9.57. The summed E-state index contributed by atoms with van der Waals surface area (Å²) in [5, 5.41) is 10.7. The van der Waals surface area contributed by atoms with Crippen LogP contribution in [-0.4, -0.2) is 23.2 Å². The topological polar surface area (TPSA) is 36.4 Å². The normalized spacial score (nSPS) is 24.6. The van der Waals surface area contributed by atoms with Crippen molar-refractivity contribution < 1.29 is 5.11 Å². The van der Waals surface area contributed by atoms with Gasteiger partial charge in [0.25, 0.3) is 0 Å². The highest BCUT2D eigenvalue weighted by molar-refractivity contribution is 7.15. The van der Waals surface area contributed by atoms with Gasteiger partial charge in [-0.15, -0.1) is 0 Å². The number of aliphatic hydroxyl groups is 1. The molecule has 0 spiro atoms. The van der Waals surface area contributed by atoms with Crippen LogP contribution in [0.1, 0.15) is 69.4 Å². The van der Waals surface area contributed by atoms with Gasteiger partial charge in [0.1, 0.15) is 0 Å². The lowest BCUT2D eigenvalue weighted by Gasteiger charge is -2.36. The van der Waals surface area contributed by atoms with Gasteiger partial charge in [-0.05, 0) is 31.1 Å². The fraction of sp³-hybridized carbons (Fsp3) is 0.812. The molecule has 3 nitrogen and oxygen atoms in total. The molecule has 0 radical (unpaired) electrons. The maximum atomic E-state index is 9.57. The van der Waals surface area contributed by atoms with Crippen molar-refractivity contribution in [3.05, 3.63) is 10.6 Å². The molecule has 1 aliphatic rings. The van der Waals surface area contributed by atoms with Crippen LogP contribution in [0.15, 0.2) is 0 Å². The Balaban J connectivity index is 2.21. The molecule has 1 heterocycles. The van der Waals surface area contributed by atoms with Gasteiger partial charge in [0.05, 0.1) is 17.2 Å². The largest absolute Gasteiger partial charge is 0.391 e. The van der Waals surface area contributed by atoms with E-state index in [1.165, 1.54) is 25.7 Å². The second-order valence-corrected chi connectivity index (χ2v) is 7.27. The first-order chi connectivity index (χ1) is 9.58. The third-order valence-corrected chi connectivity index (χ3v) is 5.95. The fourth-order valence-electron chi connectivity index (χ4n) is 3.21. The Morgan fingerprint density at radius 3 is 2.70 bits per heavy atom. The van der Waals surface area contributed by atoms with Gasteiger partial charge in [0.15, 0.2) is 5.13 Å². The molecule has 1 fully saturated rings. The number of thiazole rings is 1. The number of anilines is 1. The van der Waals surface area contributed by atoms with Crippen molar-refractivity contribution >= 4 is 16.5 Å². The Morgan fingerprint density at radius 2 is 2.10 bits per heavy atom. The van der Waals surface area contributed by atoms with E-state index in [4.69, 9.17) is 4.98 Å². The third kappa shape index (κ3) is 3.17. The number of hydrogen-bond acceptors (Lipinski definition) is 4. The van der Waals surface area contributed by atoms with Gasteiger partial charge in [0.2, 0.25) is 0 Å². The molecule has 114 valence electrons. The average Bonchev–Trinajstić information content (AvgIpc) is 2.90. The summed E-state index contributed by atoms with van der Waals surface area (Å²) in [7, 11) is 2.17. The molecule has 1 aromatic rings. The van der Waals surface area contributed by atoms with Crippen molar-refractivity contribution in [3.63, 3.8) is 0 Å². The van der Waals surface area contributed by atoms with Crippen LogP contribution in [0, 0.1) is 5.92 Å². The van der Waals surface area contributed by atoms with E-state index in [1.807, 2.05) is 0 Å². The predicted molar refractivity (Wildman–Crippen MR) is 86.6 cm³/mol. The van der Waals surface area contributed by atoms with Crippen LogP contribution < -0.4 is 4.90 Å². The van der Waals surface area contributed by atoms with Crippen LogP contribution in [-0.2, 0) is 6.61 Å². The molecule has 0 saturated heterocycles. The van der Waals surface area contributed by atoms with E-state index < -0.39 is 0 Å². The summed E-state index contributed by atoms with van der Waals surface area (Å²) in [6, 6.07) is 0.603. The summed E-state index contributed by atoms with van der Waals surface area (Å²) in [6.07, 6.45) is 6.36. The summed E-state index contributed by atoms with van der Waals surface area (Å²) in [4.78, 5) is 8.25. The molecule has 20 heavy (non-hydrogen) atoms. The van der Waals surface area contributed by atoms with Gasteiger partial charge < -0.3 is 10.0 Å². The molecule has 3 atom stereocenters. The summed E-state index contributed by atoms with van der Waals surface area (Å²) >= 11 is 1.67. The lowest BCUT2D eigenvalue weighted by atomic mass is 9.85. The van der Waals surface area contributed by atoms with Gasteiger partial charge >= 0.3 is 0 Å². The Labute approximate surface area is 127 Å². The third-order valence-electron chi connectivity index (χ3n) is 4.80. The standard InChI is InChI=1S/C16H28N2OS/c1-5-11(2)15-14(10-19)20-16(17-15)18(4)13-9-7-6-8-12(13)3/h11-13,19H,5-10H2,1-4H3. The summed E-state index contributed by atoms with van der Waals surface area (Å²) in [5.41, 5.74) is 1.10. The van der Waals surface area contributed by atoms with E-state index in [-0.39, 0.29) is 6.61 Å². The lowest BCUT2D eigenvalue weighted by molar-refractivity contribution is 0.283. The molecule has 1 saturated carbocycles. The molecule has 2 rings (SSSR count). The van der Waals surface area contributed by atoms with E-state index in [2.05, 4.69) is 32.7 Å². The van der Waals surface area contributed by atoms with Crippen LogP contribution in [0.5, 0.6) is 0 Å². The zero-order valence-corrected chi connectivity index (χ0v) is 14.0. The lowest BCUT2D eigenvalue weighted by Crippen LogP contribution is -2.38. The monoisotopic (exact) mass is 296 g/mol. The molecule has 0 bridgehead atoms. The Hall–Kier alpha value is -0.610. The van der Waals surface area contributed by atoms with Crippen LogP contribution in [0.3, 0.4) is 0 Å². The predicted octanol–water partition coefficient (Wildman–Crippen LogP) is 4.16. The maximum Gasteiger partial charge on any atom is 0.185 e. The van der Waals surface area contributed by atoms with E-state index in [1.54, 1.807) is 11.3 Å². The summed E-state index contributed by atoms with van der Waals surface area (Å²) in [6.45, 7) is 6.85. The van der Waals surface area contributed by atoms with E-state index in [9.17, 15) is 5.11 Å². The van der Waals surface area contributed by atoms with Gasteiger partial charge in [-0.1, -0.05) is 44.9 Å². The van der Waals surface area contributed by atoms with E-state index in [0.29, 0.717) is 12.0 Å². The highest BCUT2D eigenvalue weighted by Crippen LogP contribution is 2.36. The number of aromatic nitrogens is 1.